The lowest BCUT2D eigenvalue weighted by Crippen LogP contribution is -2.60. The van der Waals surface area contributed by atoms with E-state index in [2.05, 4.69) is 10.3 Å². The first-order valence-corrected chi connectivity index (χ1v) is 2.98. The molecule has 11 heavy (non-hydrogen) atoms. The lowest BCUT2D eigenvalue weighted by molar-refractivity contribution is -0.134. The van der Waals surface area contributed by atoms with Crippen LogP contribution in [0.2, 0.25) is 0 Å². The number of nitrogens with one attached hydrogen (secondary N) is 1. The molecule has 6 nitrogen and oxygen atoms in total. The van der Waals surface area contributed by atoms with Crippen LogP contribution in [0, 0.1) is 0 Å². The van der Waals surface area contributed by atoms with Gasteiger partial charge in [0.15, 0.2) is 0 Å². The summed E-state index contributed by atoms with van der Waals surface area (Å²) >= 11 is 0. The van der Waals surface area contributed by atoms with Gasteiger partial charge in [-0.25, -0.2) is 0 Å². The summed E-state index contributed by atoms with van der Waals surface area (Å²) in [7, 11) is 0. The van der Waals surface area contributed by atoms with E-state index in [9.17, 15) is 9.59 Å². The molecular formula is C5H8N4O2. The summed E-state index contributed by atoms with van der Waals surface area (Å²) in [6, 6.07) is 0. The molecule has 5 N–H and O–H groups in total. The fraction of sp³-hybridized carbons (Fsp3) is 0.400. The van der Waals surface area contributed by atoms with E-state index < -0.39 is 17.5 Å². The molecule has 0 aromatic rings. The number of rotatable bonds is 2. The fourth-order valence-corrected chi connectivity index (χ4v) is 0.844. The number of carbonyl (C=O) groups excluding carboxylic acids is 2. The summed E-state index contributed by atoms with van der Waals surface area (Å²) in [6.07, 6.45) is 1.38. The molecule has 0 unspecified atom stereocenters. The van der Waals surface area contributed by atoms with E-state index in [0.29, 0.717) is 6.54 Å². The smallest absolute Gasteiger partial charge is 0.270 e. The standard InChI is InChI=1S/C5H8N4O2/c6-3(10)5(4(7)11)8-1-2-9-5/h1,9H,2H2,(H2,6,10)(H2,7,11). The summed E-state index contributed by atoms with van der Waals surface area (Å²) in [6.45, 7) is 0.325. The van der Waals surface area contributed by atoms with Gasteiger partial charge in [0.25, 0.3) is 17.5 Å². The monoisotopic (exact) mass is 156 g/mol. The molecule has 0 spiro atoms. The van der Waals surface area contributed by atoms with Gasteiger partial charge in [0, 0.05) is 12.8 Å². The van der Waals surface area contributed by atoms with E-state index >= 15 is 0 Å². The number of amides is 2. The van der Waals surface area contributed by atoms with Crippen molar-refractivity contribution in [2.75, 3.05) is 6.54 Å². The van der Waals surface area contributed by atoms with E-state index in [1.54, 1.807) is 0 Å². The maximum absolute atomic E-state index is 10.7. The van der Waals surface area contributed by atoms with Gasteiger partial charge in [0.05, 0.1) is 0 Å². The van der Waals surface area contributed by atoms with Crippen molar-refractivity contribution in [1.82, 2.24) is 5.32 Å². The molecule has 60 valence electrons. The first-order chi connectivity index (χ1) is 5.09. The van der Waals surface area contributed by atoms with Crippen LogP contribution in [0.4, 0.5) is 0 Å². The van der Waals surface area contributed by atoms with Crippen LogP contribution in [0.3, 0.4) is 0 Å². The minimum Gasteiger partial charge on any atom is -0.366 e. The molecule has 0 aliphatic carbocycles. The Kier molecular flexibility index (Phi) is 1.61. The van der Waals surface area contributed by atoms with Crippen molar-refractivity contribution in [3.8, 4) is 0 Å². The van der Waals surface area contributed by atoms with Crippen molar-refractivity contribution in [1.29, 1.82) is 0 Å². The maximum atomic E-state index is 10.7. The lowest BCUT2D eigenvalue weighted by Gasteiger charge is -2.17. The minimum atomic E-state index is -1.71. The molecule has 1 aliphatic heterocycles. The molecular weight excluding hydrogens is 148 g/mol. The van der Waals surface area contributed by atoms with Gasteiger partial charge in [0.1, 0.15) is 0 Å². The minimum absolute atomic E-state index is 0.325. The third-order valence-electron chi connectivity index (χ3n) is 1.45. The van der Waals surface area contributed by atoms with Gasteiger partial charge in [-0.1, -0.05) is 0 Å². The summed E-state index contributed by atoms with van der Waals surface area (Å²) in [5.41, 5.74) is 8.13. The Bertz CT molecular complexity index is 221. The van der Waals surface area contributed by atoms with E-state index in [-0.39, 0.29) is 0 Å². The van der Waals surface area contributed by atoms with Crippen molar-refractivity contribution < 1.29 is 9.59 Å². The van der Waals surface area contributed by atoms with Gasteiger partial charge in [-0.15, -0.1) is 0 Å². The van der Waals surface area contributed by atoms with Crippen LogP contribution in [0.15, 0.2) is 4.99 Å². The number of primary amides is 2. The number of aliphatic imine (C=N–C) groups is 1. The summed E-state index contributed by atoms with van der Waals surface area (Å²) < 4.78 is 0. The van der Waals surface area contributed by atoms with Gasteiger partial charge in [0.2, 0.25) is 0 Å². The summed E-state index contributed by atoms with van der Waals surface area (Å²) in [5.74, 6) is -1.75. The van der Waals surface area contributed by atoms with Gasteiger partial charge < -0.3 is 11.5 Å². The molecule has 0 saturated heterocycles. The highest BCUT2D eigenvalue weighted by Gasteiger charge is 2.43. The Hall–Kier alpha value is -1.43. The average molecular weight is 156 g/mol. The molecule has 1 rings (SSSR count). The molecule has 0 bridgehead atoms. The molecule has 6 heteroatoms. The largest absolute Gasteiger partial charge is 0.366 e. The zero-order valence-corrected chi connectivity index (χ0v) is 5.70. The Balaban J connectivity index is 2.98. The molecule has 0 fully saturated rings. The Morgan fingerprint density at radius 1 is 1.45 bits per heavy atom. The highest BCUT2D eigenvalue weighted by atomic mass is 16.2. The second-order valence-electron chi connectivity index (χ2n) is 2.13. The van der Waals surface area contributed by atoms with Crippen molar-refractivity contribution in [2.45, 2.75) is 5.66 Å². The molecule has 0 saturated carbocycles. The summed E-state index contributed by atoms with van der Waals surface area (Å²) in [5, 5.41) is 2.50. The molecule has 2 amide bonds. The molecule has 0 atom stereocenters. The van der Waals surface area contributed by atoms with E-state index in [0.717, 1.165) is 0 Å². The molecule has 0 radical (unpaired) electrons. The first-order valence-electron chi connectivity index (χ1n) is 2.98. The van der Waals surface area contributed by atoms with Gasteiger partial charge >= 0.3 is 0 Å². The Morgan fingerprint density at radius 2 is 2.00 bits per heavy atom. The third kappa shape index (κ3) is 0.966. The van der Waals surface area contributed by atoms with E-state index in [4.69, 9.17) is 11.5 Å². The SMILES string of the molecule is NC(=O)C1(C(N)=O)N=CCN1. The third-order valence-corrected chi connectivity index (χ3v) is 1.45. The van der Waals surface area contributed by atoms with E-state index in [1.807, 2.05) is 0 Å². The second kappa shape index (κ2) is 2.31. The van der Waals surface area contributed by atoms with Crippen molar-refractivity contribution >= 4 is 18.0 Å². The zero-order valence-electron chi connectivity index (χ0n) is 5.70. The van der Waals surface area contributed by atoms with Crippen LogP contribution < -0.4 is 16.8 Å². The maximum Gasteiger partial charge on any atom is 0.270 e. The van der Waals surface area contributed by atoms with Crippen LogP contribution in [-0.4, -0.2) is 30.2 Å². The summed E-state index contributed by atoms with van der Waals surface area (Å²) in [4.78, 5) is 25.0. The highest BCUT2D eigenvalue weighted by molar-refractivity contribution is 6.10. The normalized spacial score (nSPS) is 20.0. The van der Waals surface area contributed by atoms with Gasteiger partial charge in [-0.3, -0.25) is 19.9 Å². The predicted molar refractivity (Wildman–Crippen MR) is 37.6 cm³/mol. The Labute approximate surface area is 62.6 Å². The Morgan fingerprint density at radius 3 is 2.18 bits per heavy atom. The van der Waals surface area contributed by atoms with Gasteiger partial charge in [-0.05, 0) is 0 Å². The van der Waals surface area contributed by atoms with Crippen LogP contribution in [0.25, 0.3) is 0 Å². The lowest BCUT2D eigenvalue weighted by atomic mass is 10.1. The topological polar surface area (TPSA) is 111 Å². The molecule has 0 aromatic heterocycles. The molecule has 1 aliphatic rings. The fourth-order valence-electron chi connectivity index (χ4n) is 0.844. The van der Waals surface area contributed by atoms with Crippen LogP contribution in [0.5, 0.6) is 0 Å². The second-order valence-corrected chi connectivity index (χ2v) is 2.13. The number of nitrogens with two attached hydrogens (primary N) is 2. The number of hydrogen-bond acceptors (Lipinski definition) is 4. The van der Waals surface area contributed by atoms with Crippen molar-refractivity contribution in [3.63, 3.8) is 0 Å². The van der Waals surface area contributed by atoms with Crippen LogP contribution in [0.1, 0.15) is 0 Å². The zero-order chi connectivity index (χ0) is 8.48. The number of carbonyl (C=O) groups is 2. The van der Waals surface area contributed by atoms with Crippen molar-refractivity contribution in [3.05, 3.63) is 0 Å². The van der Waals surface area contributed by atoms with Crippen LogP contribution in [-0.2, 0) is 9.59 Å². The molecule has 0 aromatic carbocycles. The number of hydrogen-bond donors (Lipinski definition) is 3. The quantitative estimate of drug-likeness (QED) is 0.379. The van der Waals surface area contributed by atoms with Crippen molar-refractivity contribution in [2.24, 2.45) is 16.5 Å². The highest BCUT2D eigenvalue weighted by Crippen LogP contribution is 2.07. The van der Waals surface area contributed by atoms with Crippen LogP contribution >= 0.6 is 0 Å². The number of nitrogens with zero attached hydrogens (tertiary/aromatic N) is 1. The predicted octanol–water partition coefficient (Wildman–Crippen LogP) is -2.67. The molecule has 1 heterocycles. The van der Waals surface area contributed by atoms with Gasteiger partial charge in [-0.2, -0.15) is 0 Å². The van der Waals surface area contributed by atoms with E-state index in [1.165, 1.54) is 6.21 Å². The average Bonchev–Trinajstić information content (AvgIpc) is 2.34. The first kappa shape index (κ1) is 7.67.